The van der Waals surface area contributed by atoms with Crippen LogP contribution in [0.3, 0.4) is 0 Å². The maximum Gasteiger partial charge on any atom is 0.423 e. The molecule has 0 saturated carbocycles. The van der Waals surface area contributed by atoms with Crippen molar-refractivity contribution < 1.29 is 37.4 Å². The van der Waals surface area contributed by atoms with E-state index in [4.69, 9.17) is 9.47 Å². The molecule has 0 aliphatic carbocycles. The van der Waals surface area contributed by atoms with Crippen molar-refractivity contribution in [3.05, 3.63) is 131 Å². The number of rotatable bonds is 20. The van der Waals surface area contributed by atoms with Gasteiger partial charge in [-0.15, -0.1) is 0 Å². The standard InChI is InChI=1S/C56H66F2N6O6/c1-3-5-25-59-53(65)35-41-11-17-47-49(33-41)63(45-21-29-61(30-22-45)27-19-39-7-13-43(57)14-8-39)37-51(47)69-55(67)56(68)70-52-38-64(50-34-42(12-18-48(50)52)36-54(66)60-26-6-4-2)46-23-31-62(32-24-46)28-20-40-9-15-44(58)16-10-40/h7-18,33-34,37-38,45-46H,3-6,19-32,35-36H2,1-2H3,(H,59,65)(H,60,66). The molecule has 2 saturated heterocycles. The molecule has 0 bridgehead atoms. The van der Waals surface area contributed by atoms with Crippen molar-refractivity contribution in [1.29, 1.82) is 0 Å². The van der Waals surface area contributed by atoms with Crippen molar-refractivity contribution in [2.75, 3.05) is 52.4 Å². The van der Waals surface area contributed by atoms with Gasteiger partial charge in [-0.3, -0.25) is 9.59 Å². The van der Waals surface area contributed by atoms with E-state index >= 15 is 0 Å². The molecule has 0 spiro atoms. The summed E-state index contributed by atoms with van der Waals surface area (Å²) < 4.78 is 43.1. The Morgan fingerprint density at radius 2 is 0.914 bits per heavy atom. The lowest BCUT2D eigenvalue weighted by atomic mass is 10.0. The average Bonchev–Trinajstić information content (AvgIpc) is 3.90. The molecular weight excluding hydrogens is 891 g/mol. The number of amides is 2. The topological polar surface area (TPSA) is 127 Å². The van der Waals surface area contributed by atoms with Gasteiger partial charge in [0.25, 0.3) is 0 Å². The molecule has 8 rings (SSSR count). The molecule has 0 unspecified atom stereocenters. The van der Waals surface area contributed by atoms with Gasteiger partial charge in [-0.2, -0.15) is 0 Å². The lowest BCUT2D eigenvalue weighted by Gasteiger charge is -2.33. The van der Waals surface area contributed by atoms with Crippen molar-refractivity contribution in [3.8, 4) is 11.5 Å². The van der Waals surface area contributed by atoms with Crippen molar-refractivity contribution >= 4 is 45.6 Å². The normalized spacial score (nSPS) is 15.1. The van der Waals surface area contributed by atoms with E-state index in [-0.39, 0.29) is 59.9 Å². The first-order valence-corrected chi connectivity index (χ1v) is 25.2. The van der Waals surface area contributed by atoms with Crippen LogP contribution in [0.25, 0.3) is 21.8 Å². The maximum absolute atomic E-state index is 13.8. The number of aromatic nitrogens is 2. The predicted molar refractivity (Wildman–Crippen MR) is 268 cm³/mol. The first kappa shape index (κ1) is 50.0. The van der Waals surface area contributed by atoms with Crippen LogP contribution in [0, 0.1) is 11.6 Å². The number of likely N-dealkylation sites (tertiary alicyclic amines) is 2. The Morgan fingerprint density at radius 3 is 1.29 bits per heavy atom. The number of esters is 2. The molecular formula is C56H66F2N6O6. The van der Waals surface area contributed by atoms with E-state index < -0.39 is 11.9 Å². The summed E-state index contributed by atoms with van der Waals surface area (Å²) in [4.78, 5) is 58.2. The van der Waals surface area contributed by atoms with Gasteiger partial charge in [0.2, 0.25) is 11.8 Å². The number of benzene rings is 4. The van der Waals surface area contributed by atoms with Gasteiger partial charge in [0, 0.05) is 87.6 Å². The summed E-state index contributed by atoms with van der Waals surface area (Å²) in [6.07, 6.45) is 12.7. The van der Waals surface area contributed by atoms with Gasteiger partial charge in [0.05, 0.1) is 23.9 Å². The maximum atomic E-state index is 13.8. The highest BCUT2D eigenvalue weighted by Crippen LogP contribution is 2.37. The molecule has 4 aromatic carbocycles. The van der Waals surface area contributed by atoms with Crippen molar-refractivity contribution in [3.63, 3.8) is 0 Å². The fourth-order valence-corrected chi connectivity index (χ4v) is 9.82. The smallest absolute Gasteiger partial charge is 0.416 e. The van der Waals surface area contributed by atoms with E-state index in [1.807, 2.05) is 60.7 Å². The van der Waals surface area contributed by atoms with Crippen LogP contribution in [-0.2, 0) is 44.9 Å². The summed E-state index contributed by atoms with van der Waals surface area (Å²) in [7, 11) is 0. The lowest BCUT2D eigenvalue weighted by molar-refractivity contribution is -0.156. The van der Waals surface area contributed by atoms with Crippen molar-refractivity contribution in [1.82, 2.24) is 29.6 Å². The van der Waals surface area contributed by atoms with E-state index in [0.29, 0.717) is 23.9 Å². The Labute approximate surface area is 409 Å². The highest BCUT2D eigenvalue weighted by atomic mass is 19.1. The minimum absolute atomic E-state index is 0.0655. The van der Waals surface area contributed by atoms with Gasteiger partial charge in [0.15, 0.2) is 11.5 Å². The Bertz CT molecular complexity index is 2550. The van der Waals surface area contributed by atoms with Gasteiger partial charge in [-0.1, -0.05) is 63.1 Å². The first-order chi connectivity index (χ1) is 34.0. The molecule has 14 heteroatoms. The Morgan fingerprint density at radius 1 is 0.543 bits per heavy atom. The number of carbonyl (C=O) groups excluding carboxylic acids is 4. The molecule has 0 atom stereocenters. The quantitative estimate of drug-likeness (QED) is 0.0441. The van der Waals surface area contributed by atoms with E-state index in [2.05, 4.69) is 43.4 Å². The molecule has 2 fully saturated rings. The Hall–Kier alpha value is -6.38. The van der Waals surface area contributed by atoms with Crippen LogP contribution >= 0.6 is 0 Å². The fraction of sp³-hybridized carbons (Fsp3) is 0.429. The van der Waals surface area contributed by atoms with Gasteiger partial charge in [-0.05, 0) is 122 Å². The molecule has 4 heterocycles. The SMILES string of the molecule is CCCCNC(=O)Cc1ccc2c(OC(=O)C(=O)Oc3cn(C4CCN(CCc5ccc(F)cc5)CC4)c4cc(CC(=O)NCCCC)ccc34)cn(C3CCN(CCc4ccc(F)cc4)CC3)c2c1. The number of nitrogens with one attached hydrogen (secondary N) is 2. The molecule has 70 heavy (non-hydrogen) atoms. The van der Waals surface area contributed by atoms with Crippen LogP contribution in [-0.4, -0.2) is 95.0 Å². The van der Waals surface area contributed by atoms with Crippen LogP contribution in [0.15, 0.2) is 97.3 Å². The van der Waals surface area contributed by atoms with Gasteiger partial charge >= 0.3 is 11.9 Å². The molecule has 2 amide bonds. The third kappa shape index (κ3) is 13.1. The average molecular weight is 957 g/mol. The Kier molecular flexibility index (Phi) is 17.1. The summed E-state index contributed by atoms with van der Waals surface area (Å²) in [6.45, 7) is 10.4. The lowest BCUT2D eigenvalue weighted by Crippen LogP contribution is -2.35. The number of hydrogen-bond acceptors (Lipinski definition) is 8. The summed E-state index contributed by atoms with van der Waals surface area (Å²) in [5, 5.41) is 7.27. The van der Waals surface area contributed by atoms with E-state index in [1.165, 1.54) is 24.3 Å². The molecule has 6 aromatic rings. The van der Waals surface area contributed by atoms with E-state index in [0.717, 1.165) is 137 Å². The summed E-state index contributed by atoms with van der Waals surface area (Å²) in [6, 6.07) is 24.8. The second-order valence-electron chi connectivity index (χ2n) is 18.9. The monoisotopic (exact) mass is 957 g/mol. The van der Waals surface area contributed by atoms with Crippen LogP contribution in [0.5, 0.6) is 11.5 Å². The van der Waals surface area contributed by atoms with Gasteiger partial charge < -0.3 is 39.0 Å². The Balaban J connectivity index is 0.986. The predicted octanol–water partition coefficient (Wildman–Crippen LogP) is 9.06. The minimum atomic E-state index is -1.16. The van der Waals surface area contributed by atoms with E-state index in [1.54, 1.807) is 12.4 Å². The zero-order valence-electron chi connectivity index (χ0n) is 40.5. The van der Waals surface area contributed by atoms with Crippen LogP contribution in [0.2, 0.25) is 0 Å². The van der Waals surface area contributed by atoms with Crippen LogP contribution in [0.1, 0.15) is 99.6 Å². The summed E-state index contributed by atoms with van der Waals surface area (Å²) >= 11 is 0. The molecule has 12 nitrogen and oxygen atoms in total. The number of nitrogens with zero attached hydrogens (tertiary/aromatic N) is 4. The first-order valence-electron chi connectivity index (χ1n) is 25.2. The zero-order chi connectivity index (χ0) is 49.0. The van der Waals surface area contributed by atoms with Gasteiger partial charge in [0.1, 0.15) is 11.6 Å². The van der Waals surface area contributed by atoms with Crippen molar-refractivity contribution in [2.45, 2.75) is 103 Å². The number of carbonyl (C=O) groups is 4. The molecule has 2 aromatic heterocycles. The number of ether oxygens (including phenoxy) is 2. The number of unbranched alkanes of at least 4 members (excludes halogenated alkanes) is 2. The fourth-order valence-electron chi connectivity index (χ4n) is 9.82. The minimum Gasteiger partial charge on any atom is -0.416 e. The van der Waals surface area contributed by atoms with Crippen molar-refractivity contribution in [2.24, 2.45) is 0 Å². The number of hydrogen-bond donors (Lipinski definition) is 2. The van der Waals surface area contributed by atoms with Gasteiger partial charge in [-0.25, -0.2) is 18.4 Å². The molecule has 2 aliphatic heterocycles. The third-order valence-electron chi connectivity index (χ3n) is 13.9. The van der Waals surface area contributed by atoms with Crippen LogP contribution < -0.4 is 20.1 Å². The number of fused-ring (bicyclic) bond motifs is 2. The highest BCUT2D eigenvalue weighted by molar-refractivity contribution is 6.31. The molecule has 0 radical (unpaired) electrons. The second kappa shape index (κ2) is 24.0. The largest absolute Gasteiger partial charge is 0.423 e. The van der Waals surface area contributed by atoms with E-state index in [9.17, 15) is 28.0 Å². The number of halogens is 2. The molecule has 2 N–H and O–H groups in total. The third-order valence-corrected chi connectivity index (χ3v) is 13.9. The molecule has 370 valence electrons. The summed E-state index contributed by atoms with van der Waals surface area (Å²) in [5.74, 6) is -2.49. The number of piperidine rings is 2. The summed E-state index contributed by atoms with van der Waals surface area (Å²) in [5.41, 5.74) is 5.42. The zero-order valence-corrected chi connectivity index (χ0v) is 40.5. The second-order valence-corrected chi connectivity index (χ2v) is 18.9. The van der Waals surface area contributed by atoms with Crippen LogP contribution in [0.4, 0.5) is 8.78 Å². The molecule has 2 aliphatic rings. The highest BCUT2D eigenvalue weighted by Gasteiger charge is 2.29.